The van der Waals surface area contributed by atoms with Gasteiger partial charge in [-0.05, 0) is 29.7 Å². The lowest BCUT2D eigenvalue weighted by Crippen LogP contribution is -2.19. The summed E-state index contributed by atoms with van der Waals surface area (Å²) < 4.78 is 5.85. The molecule has 2 N–H and O–H groups in total. The summed E-state index contributed by atoms with van der Waals surface area (Å²) in [5.74, 6) is 1.73. The van der Waals surface area contributed by atoms with Crippen LogP contribution in [0.4, 0.5) is 11.5 Å². The topological polar surface area (TPSA) is 64.3 Å². The number of rotatable bonds is 6. The van der Waals surface area contributed by atoms with Gasteiger partial charge in [-0.1, -0.05) is 49.4 Å². The van der Waals surface area contributed by atoms with Crippen LogP contribution in [0.5, 0.6) is 11.6 Å². The zero-order valence-corrected chi connectivity index (χ0v) is 14.5. The Bertz CT molecular complexity index is 819. The summed E-state index contributed by atoms with van der Waals surface area (Å²) in [5, 5.41) is 0. The predicted molar refractivity (Wildman–Crippen MR) is 101 cm³/mol. The molecule has 0 aliphatic heterocycles. The van der Waals surface area contributed by atoms with E-state index in [4.69, 9.17) is 10.5 Å². The van der Waals surface area contributed by atoms with Gasteiger partial charge in [0.2, 0.25) is 5.88 Å². The van der Waals surface area contributed by atoms with Crippen molar-refractivity contribution in [3.63, 3.8) is 0 Å². The summed E-state index contributed by atoms with van der Waals surface area (Å²) in [7, 11) is 1.95. The first-order valence-electron chi connectivity index (χ1n) is 8.29. The number of aromatic nitrogens is 2. The second kappa shape index (κ2) is 7.66. The third kappa shape index (κ3) is 4.07. The maximum absolute atomic E-state index is 6.25. The van der Waals surface area contributed by atoms with Crippen molar-refractivity contribution in [2.24, 2.45) is 0 Å². The van der Waals surface area contributed by atoms with E-state index in [0.717, 1.165) is 6.42 Å². The van der Waals surface area contributed by atoms with Crippen molar-refractivity contribution in [1.82, 2.24) is 9.97 Å². The van der Waals surface area contributed by atoms with Gasteiger partial charge >= 0.3 is 0 Å². The van der Waals surface area contributed by atoms with Crippen molar-refractivity contribution in [2.45, 2.75) is 19.9 Å². The quantitative estimate of drug-likeness (QED) is 0.737. The standard InChI is InChI=1S/C20H22N4O/c1-3-15-9-11-17(12-10-15)25-20-18(21)19(22-14-23-20)24(2)13-16-7-5-4-6-8-16/h4-12,14H,3,13,21H2,1-2H3. The minimum absolute atomic E-state index is 0.370. The lowest BCUT2D eigenvalue weighted by molar-refractivity contribution is 0.464. The highest BCUT2D eigenvalue weighted by molar-refractivity contribution is 5.68. The number of nitrogens with two attached hydrogens (primary N) is 1. The van der Waals surface area contributed by atoms with Crippen LogP contribution in [0.3, 0.4) is 0 Å². The lowest BCUT2D eigenvalue weighted by atomic mass is 10.2. The Morgan fingerprint density at radius 3 is 2.36 bits per heavy atom. The summed E-state index contributed by atoms with van der Waals surface area (Å²) in [6.45, 7) is 2.82. The first-order valence-corrected chi connectivity index (χ1v) is 8.29. The minimum atomic E-state index is 0.370. The van der Waals surface area contributed by atoms with Crippen molar-refractivity contribution >= 4 is 11.5 Å². The van der Waals surface area contributed by atoms with Crippen LogP contribution >= 0.6 is 0 Å². The summed E-state index contributed by atoms with van der Waals surface area (Å²) in [6, 6.07) is 18.1. The van der Waals surface area contributed by atoms with E-state index in [-0.39, 0.29) is 0 Å². The molecule has 25 heavy (non-hydrogen) atoms. The van der Waals surface area contributed by atoms with Gasteiger partial charge in [0, 0.05) is 13.6 Å². The lowest BCUT2D eigenvalue weighted by Gasteiger charge is -2.20. The third-order valence-electron chi connectivity index (χ3n) is 4.00. The molecule has 1 aromatic heterocycles. The van der Waals surface area contributed by atoms with Gasteiger partial charge in [-0.15, -0.1) is 0 Å². The van der Waals surface area contributed by atoms with Crippen LogP contribution in [0.25, 0.3) is 0 Å². The molecule has 5 nitrogen and oxygen atoms in total. The molecular weight excluding hydrogens is 312 g/mol. The van der Waals surface area contributed by atoms with Crippen LogP contribution in [-0.4, -0.2) is 17.0 Å². The molecule has 3 rings (SSSR count). The van der Waals surface area contributed by atoms with Gasteiger partial charge in [-0.2, -0.15) is 4.98 Å². The molecule has 0 spiro atoms. The van der Waals surface area contributed by atoms with Crippen LogP contribution in [-0.2, 0) is 13.0 Å². The van der Waals surface area contributed by atoms with Crippen molar-refractivity contribution in [3.05, 3.63) is 72.1 Å². The first-order chi connectivity index (χ1) is 12.2. The Morgan fingerprint density at radius 2 is 1.68 bits per heavy atom. The average Bonchev–Trinajstić information content (AvgIpc) is 2.65. The summed E-state index contributed by atoms with van der Waals surface area (Å²) in [4.78, 5) is 10.5. The van der Waals surface area contributed by atoms with Crippen LogP contribution in [0.1, 0.15) is 18.1 Å². The van der Waals surface area contributed by atoms with Crippen molar-refractivity contribution < 1.29 is 4.74 Å². The van der Waals surface area contributed by atoms with Gasteiger partial charge in [-0.25, -0.2) is 4.98 Å². The van der Waals surface area contributed by atoms with Crippen molar-refractivity contribution in [3.8, 4) is 11.6 Å². The molecule has 0 aliphatic carbocycles. The molecule has 0 unspecified atom stereocenters. The molecule has 128 valence electrons. The highest BCUT2D eigenvalue weighted by Gasteiger charge is 2.14. The van der Waals surface area contributed by atoms with E-state index in [2.05, 4.69) is 29.0 Å². The van der Waals surface area contributed by atoms with E-state index in [0.29, 0.717) is 29.7 Å². The molecule has 0 aliphatic rings. The van der Waals surface area contributed by atoms with Gasteiger partial charge in [0.25, 0.3) is 0 Å². The maximum atomic E-state index is 6.25. The van der Waals surface area contributed by atoms with Gasteiger partial charge < -0.3 is 15.4 Å². The van der Waals surface area contributed by atoms with Crippen molar-refractivity contribution in [1.29, 1.82) is 0 Å². The predicted octanol–water partition coefficient (Wildman–Crippen LogP) is 4.05. The fourth-order valence-electron chi connectivity index (χ4n) is 2.59. The second-order valence-corrected chi connectivity index (χ2v) is 5.86. The van der Waals surface area contributed by atoms with Crippen molar-refractivity contribution in [2.75, 3.05) is 17.7 Å². The largest absolute Gasteiger partial charge is 0.437 e. The van der Waals surface area contributed by atoms with E-state index in [1.165, 1.54) is 17.5 Å². The van der Waals surface area contributed by atoms with E-state index in [1.54, 1.807) is 0 Å². The van der Waals surface area contributed by atoms with Gasteiger partial charge in [0.15, 0.2) is 5.82 Å². The number of benzene rings is 2. The normalized spacial score (nSPS) is 10.5. The second-order valence-electron chi connectivity index (χ2n) is 5.86. The van der Waals surface area contributed by atoms with E-state index >= 15 is 0 Å². The molecule has 2 aromatic carbocycles. The van der Waals surface area contributed by atoms with Crippen LogP contribution in [0.15, 0.2) is 60.9 Å². The zero-order chi connectivity index (χ0) is 17.6. The number of anilines is 2. The van der Waals surface area contributed by atoms with Crippen LogP contribution < -0.4 is 15.4 Å². The Labute approximate surface area is 148 Å². The highest BCUT2D eigenvalue weighted by Crippen LogP contribution is 2.31. The smallest absolute Gasteiger partial charge is 0.248 e. The molecule has 0 saturated carbocycles. The van der Waals surface area contributed by atoms with E-state index in [1.807, 2.05) is 54.4 Å². The summed E-state index contributed by atoms with van der Waals surface area (Å²) in [5.41, 5.74) is 9.12. The molecule has 0 fully saturated rings. The Kier molecular flexibility index (Phi) is 5.14. The number of nitrogens with zero attached hydrogens (tertiary/aromatic N) is 3. The Hall–Kier alpha value is -3.08. The Morgan fingerprint density at radius 1 is 0.960 bits per heavy atom. The van der Waals surface area contributed by atoms with Gasteiger partial charge in [0.05, 0.1) is 0 Å². The number of aryl methyl sites for hydroxylation is 1. The molecule has 0 amide bonds. The maximum Gasteiger partial charge on any atom is 0.248 e. The van der Waals surface area contributed by atoms with Gasteiger partial charge in [0.1, 0.15) is 17.8 Å². The zero-order valence-electron chi connectivity index (χ0n) is 14.5. The molecule has 3 aromatic rings. The fourth-order valence-corrected chi connectivity index (χ4v) is 2.59. The SMILES string of the molecule is CCc1ccc(Oc2ncnc(N(C)Cc3ccccc3)c2N)cc1. The molecule has 0 saturated heterocycles. The minimum Gasteiger partial charge on any atom is -0.437 e. The molecule has 0 radical (unpaired) electrons. The van der Waals surface area contributed by atoms with Gasteiger partial charge in [-0.3, -0.25) is 0 Å². The molecule has 1 heterocycles. The molecular formula is C20H22N4O. The molecule has 5 heteroatoms. The van der Waals surface area contributed by atoms with E-state index < -0.39 is 0 Å². The summed E-state index contributed by atoms with van der Waals surface area (Å²) in [6.07, 6.45) is 2.47. The molecule has 0 bridgehead atoms. The number of hydrogen-bond acceptors (Lipinski definition) is 5. The van der Waals surface area contributed by atoms with E-state index in [9.17, 15) is 0 Å². The first kappa shape index (κ1) is 16.8. The monoisotopic (exact) mass is 334 g/mol. The number of hydrogen-bond donors (Lipinski definition) is 1. The highest BCUT2D eigenvalue weighted by atomic mass is 16.5. The average molecular weight is 334 g/mol. The van der Waals surface area contributed by atoms with Crippen LogP contribution in [0, 0.1) is 0 Å². The number of nitrogen functional groups attached to an aromatic ring is 1. The Balaban J connectivity index is 1.79. The third-order valence-corrected chi connectivity index (χ3v) is 4.00. The van der Waals surface area contributed by atoms with Crippen LogP contribution in [0.2, 0.25) is 0 Å². The summed E-state index contributed by atoms with van der Waals surface area (Å²) >= 11 is 0. The number of ether oxygens (including phenoxy) is 1. The molecule has 0 atom stereocenters. The fraction of sp³-hybridized carbons (Fsp3) is 0.200.